The van der Waals surface area contributed by atoms with Crippen molar-refractivity contribution in [2.24, 2.45) is 0 Å². The van der Waals surface area contributed by atoms with Crippen LogP contribution in [0, 0.1) is 0 Å². The Morgan fingerprint density at radius 3 is 2.75 bits per heavy atom. The minimum Gasteiger partial charge on any atom is -1.00 e. The van der Waals surface area contributed by atoms with Crippen LogP contribution in [0.25, 0.3) is 5.65 Å². The number of aromatic carboxylic acids is 1. The summed E-state index contributed by atoms with van der Waals surface area (Å²) in [5, 5.41) is 9.04. The molecule has 5 heteroatoms. The minimum absolute atomic E-state index is 0. The van der Waals surface area contributed by atoms with Crippen LogP contribution in [0.3, 0.4) is 0 Å². The number of imidazole rings is 1. The summed E-state index contributed by atoms with van der Waals surface area (Å²) >= 11 is 0. The van der Waals surface area contributed by atoms with E-state index in [1.54, 1.807) is 6.07 Å². The molecule has 2 rings (SSSR count). The second kappa shape index (κ2) is 4.73. The molecule has 0 bridgehead atoms. The molecule has 4 nitrogen and oxygen atoms in total. The van der Waals surface area contributed by atoms with E-state index in [-0.39, 0.29) is 31.9 Å². The first-order valence-corrected chi connectivity index (χ1v) is 4.81. The predicted molar refractivity (Wildman–Crippen MR) is 57.4 cm³/mol. The standard InChI is InChI=1S/C11H12N2O2.Li.H/c1-7(2)10-9(11(14)15)12-8-5-3-4-6-13(8)10;;/h3-7H,1-2H3,(H,14,15);;/q;+1;-1. The summed E-state index contributed by atoms with van der Waals surface area (Å²) in [5.74, 6) is -0.837. The van der Waals surface area contributed by atoms with Crippen molar-refractivity contribution in [2.45, 2.75) is 19.8 Å². The van der Waals surface area contributed by atoms with Crippen molar-refractivity contribution in [3.63, 3.8) is 0 Å². The Morgan fingerprint density at radius 1 is 1.50 bits per heavy atom. The Morgan fingerprint density at radius 2 is 2.19 bits per heavy atom. The number of hydrogen-bond donors (Lipinski definition) is 1. The molecule has 0 amide bonds. The minimum atomic E-state index is -0.970. The van der Waals surface area contributed by atoms with E-state index in [2.05, 4.69) is 4.98 Å². The molecule has 0 atom stereocenters. The molecule has 0 unspecified atom stereocenters. The van der Waals surface area contributed by atoms with Gasteiger partial charge in [-0.3, -0.25) is 0 Å². The van der Waals surface area contributed by atoms with Crippen LogP contribution in [0.1, 0.15) is 37.4 Å². The van der Waals surface area contributed by atoms with E-state index in [1.165, 1.54) is 0 Å². The number of hydrogen-bond acceptors (Lipinski definition) is 2. The number of nitrogens with zero attached hydrogens (tertiary/aromatic N) is 2. The second-order valence-corrected chi connectivity index (χ2v) is 3.73. The largest absolute Gasteiger partial charge is 1.00 e. The number of carboxylic acids is 1. The van der Waals surface area contributed by atoms with E-state index in [1.807, 2.05) is 36.6 Å². The predicted octanol–water partition coefficient (Wildman–Crippen LogP) is -0.728. The van der Waals surface area contributed by atoms with Crippen molar-refractivity contribution < 1.29 is 30.2 Å². The molecule has 80 valence electrons. The number of pyridine rings is 1. The summed E-state index contributed by atoms with van der Waals surface area (Å²) in [4.78, 5) is 15.1. The maximum atomic E-state index is 11.0. The van der Waals surface area contributed by atoms with E-state index in [0.717, 1.165) is 5.69 Å². The molecule has 0 aliphatic carbocycles. The second-order valence-electron chi connectivity index (χ2n) is 3.73. The van der Waals surface area contributed by atoms with Crippen molar-refractivity contribution in [3.05, 3.63) is 35.8 Å². The zero-order valence-corrected chi connectivity index (χ0v) is 9.64. The van der Waals surface area contributed by atoms with Crippen molar-refractivity contribution in [1.29, 1.82) is 0 Å². The smallest absolute Gasteiger partial charge is 1.00 e. The molecule has 16 heavy (non-hydrogen) atoms. The van der Waals surface area contributed by atoms with E-state index in [9.17, 15) is 4.79 Å². The van der Waals surface area contributed by atoms with Crippen LogP contribution >= 0.6 is 0 Å². The molecule has 0 aliphatic heterocycles. The third kappa shape index (κ3) is 1.99. The maximum absolute atomic E-state index is 11.0. The molecule has 2 aromatic rings. The van der Waals surface area contributed by atoms with E-state index in [4.69, 9.17) is 5.11 Å². The molecule has 0 aromatic carbocycles. The van der Waals surface area contributed by atoms with Gasteiger partial charge in [-0.15, -0.1) is 0 Å². The SMILES string of the molecule is CC(C)c1c(C(=O)O)nc2ccccn12.[H-].[Li+]. The van der Waals surface area contributed by atoms with Crippen LogP contribution in [0.2, 0.25) is 0 Å². The fourth-order valence-electron chi connectivity index (χ4n) is 1.72. The molecule has 0 saturated carbocycles. The topological polar surface area (TPSA) is 54.6 Å². The normalized spacial score (nSPS) is 10.4. The Bertz CT molecular complexity index is 525. The van der Waals surface area contributed by atoms with Gasteiger partial charge in [0.1, 0.15) is 5.65 Å². The third-order valence-corrected chi connectivity index (χ3v) is 2.32. The fraction of sp³-hybridized carbons (Fsp3) is 0.273. The van der Waals surface area contributed by atoms with E-state index in [0.29, 0.717) is 5.65 Å². The molecule has 2 aromatic heterocycles. The molecule has 0 fully saturated rings. The van der Waals surface area contributed by atoms with Gasteiger partial charge in [-0.1, -0.05) is 19.9 Å². The van der Waals surface area contributed by atoms with Gasteiger partial charge in [0.25, 0.3) is 0 Å². The first kappa shape index (κ1) is 12.8. The summed E-state index contributed by atoms with van der Waals surface area (Å²) in [7, 11) is 0. The zero-order valence-electron chi connectivity index (χ0n) is 10.6. The summed E-state index contributed by atoms with van der Waals surface area (Å²) < 4.78 is 1.83. The van der Waals surface area contributed by atoms with Gasteiger partial charge in [0.05, 0.1) is 5.69 Å². The van der Waals surface area contributed by atoms with Crippen molar-refractivity contribution in [2.75, 3.05) is 0 Å². The van der Waals surface area contributed by atoms with Gasteiger partial charge in [0.15, 0.2) is 5.69 Å². The molecular formula is C11H13LiN2O2. The summed E-state index contributed by atoms with van der Waals surface area (Å²) in [6.07, 6.45) is 1.84. The Hall–Kier alpha value is -1.24. The molecular weight excluding hydrogens is 199 g/mol. The molecule has 1 N–H and O–H groups in total. The van der Waals surface area contributed by atoms with Gasteiger partial charge in [-0.2, -0.15) is 0 Å². The van der Waals surface area contributed by atoms with Gasteiger partial charge in [0.2, 0.25) is 0 Å². The van der Waals surface area contributed by atoms with Crippen LogP contribution in [0.5, 0.6) is 0 Å². The Kier molecular flexibility index (Phi) is 3.79. The van der Waals surface area contributed by atoms with Gasteiger partial charge in [0, 0.05) is 6.20 Å². The monoisotopic (exact) mass is 212 g/mol. The van der Waals surface area contributed by atoms with Crippen LogP contribution in [0.15, 0.2) is 24.4 Å². The van der Waals surface area contributed by atoms with Crippen molar-refractivity contribution in [1.82, 2.24) is 9.38 Å². The number of rotatable bonds is 2. The summed E-state index contributed by atoms with van der Waals surface area (Å²) in [5.41, 5.74) is 1.58. The molecule has 0 aliphatic rings. The molecule has 0 spiro atoms. The van der Waals surface area contributed by atoms with Gasteiger partial charge < -0.3 is 10.9 Å². The zero-order chi connectivity index (χ0) is 11.0. The van der Waals surface area contributed by atoms with Gasteiger partial charge in [-0.05, 0) is 18.1 Å². The third-order valence-electron chi connectivity index (χ3n) is 2.32. The number of carbonyl (C=O) groups is 1. The number of aromatic nitrogens is 2. The number of carboxylic acid groups (broad SMARTS) is 1. The van der Waals surface area contributed by atoms with Crippen LogP contribution < -0.4 is 18.9 Å². The summed E-state index contributed by atoms with van der Waals surface area (Å²) in [6.45, 7) is 3.92. The average molecular weight is 212 g/mol. The number of fused-ring (bicyclic) bond motifs is 1. The van der Waals surface area contributed by atoms with Crippen molar-refractivity contribution >= 4 is 11.6 Å². The first-order valence-electron chi connectivity index (χ1n) is 4.81. The first-order chi connectivity index (χ1) is 7.11. The molecule has 0 saturated heterocycles. The fourth-order valence-corrected chi connectivity index (χ4v) is 1.72. The van der Waals surface area contributed by atoms with E-state index < -0.39 is 5.97 Å². The maximum Gasteiger partial charge on any atom is 1.00 e. The van der Waals surface area contributed by atoms with Gasteiger partial charge >= 0.3 is 24.8 Å². The molecule has 0 radical (unpaired) electrons. The van der Waals surface area contributed by atoms with E-state index >= 15 is 0 Å². The van der Waals surface area contributed by atoms with Crippen LogP contribution in [-0.2, 0) is 0 Å². The average Bonchev–Trinajstić information content (AvgIpc) is 2.56. The van der Waals surface area contributed by atoms with Crippen LogP contribution in [-0.4, -0.2) is 20.5 Å². The van der Waals surface area contributed by atoms with Crippen LogP contribution in [0.4, 0.5) is 0 Å². The Balaban J connectivity index is 0.00000128. The summed E-state index contributed by atoms with van der Waals surface area (Å²) in [6, 6.07) is 5.52. The molecule has 2 heterocycles. The quantitative estimate of drug-likeness (QED) is 0.668. The van der Waals surface area contributed by atoms with Crippen molar-refractivity contribution in [3.8, 4) is 0 Å². The van der Waals surface area contributed by atoms with Gasteiger partial charge in [-0.25, -0.2) is 9.78 Å². The Labute approximate surface area is 107 Å².